The molecule has 0 saturated heterocycles. The number of H-pyrrole nitrogens is 1. The molecule has 29 heavy (non-hydrogen) atoms. The Bertz CT molecular complexity index is 1290. The quantitative estimate of drug-likeness (QED) is 0.543. The van der Waals surface area contributed by atoms with Crippen LogP contribution in [0.15, 0.2) is 42.6 Å². The minimum atomic E-state index is -0.650. The van der Waals surface area contributed by atoms with Crippen molar-refractivity contribution < 1.29 is 9.13 Å². The summed E-state index contributed by atoms with van der Waals surface area (Å²) >= 11 is 6.14. The second-order valence-electron chi connectivity index (χ2n) is 6.07. The van der Waals surface area contributed by atoms with E-state index in [9.17, 15) is 0 Å². The molecule has 140 valence electrons. The SMILES string of the molecule is N#Cc1cc(C#N)cc(Oc2c(Cl)ccc(Cc3[nH]nc4nnccc34)c2F)c1. The minimum absolute atomic E-state index is 0.0625. The van der Waals surface area contributed by atoms with Crippen molar-refractivity contribution in [3.8, 4) is 23.6 Å². The van der Waals surface area contributed by atoms with Crippen LogP contribution in [-0.2, 0) is 6.42 Å². The van der Waals surface area contributed by atoms with Gasteiger partial charge >= 0.3 is 0 Å². The molecule has 7 nitrogen and oxygen atoms in total. The summed E-state index contributed by atoms with van der Waals surface area (Å²) in [6.07, 6.45) is 1.73. The Morgan fingerprint density at radius 1 is 1.10 bits per heavy atom. The molecule has 2 aromatic heterocycles. The Morgan fingerprint density at radius 3 is 2.59 bits per heavy atom. The number of aromatic amines is 1. The van der Waals surface area contributed by atoms with Crippen LogP contribution >= 0.6 is 11.6 Å². The number of hydrogen-bond donors (Lipinski definition) is 1. The van der Waals surface area contributed by atoms with E-state index in [2.05, 4.69) is 20.4 Å². The molecule has 9 heteroatoms. The number of nitrogens with zero attached hydrogens (tertiary/aromatic N) is 5. The Labute approximate surface area is 168 Å². The molecular formula is C20H10ClFN6O. The highest BCUT2D eigenvalue weighted by Crippen LogP contribution is 2.35. The Hall–Kier alpha value is -4.01. The summed E-state index contributed by atoms with van der Waals surface area (Å²) in [5.41, 5.74) is 1.86. The first kappa shape index (κ1) is 18.4. The zero-order valence-corrected chi connectivity index (χ0v) is 15.4. The van der Waals surface area contributed by atoms with Crippen LogP contribution in [0.5, 0.6) is 11.5 Å². The van der Waals surface area contributed by atoms with Crippen molar-refractivity contribution in [1.29, 1.82) is 10.5 Å². The number of ether oxygens (including phenoxy) is 1. The highest BCUT2D eigenvalue weighted by atomic mass is 35.5. The maximum absolute atomic E-state index is 15.2. The number of halogens is 2. The normalized spacial score (nSPS) is 10.5. The smallest absolute Gasteiger partial charge is 0.203 e. The van der Waals surface area contributed by atoms with Gasteiger partial charge in [-0.2, -0.15) is 20.7 Å². The summed E-state index contributed by atoms with van der Waals surface area (Å²) in [6, 6.07) is 12.9. The summed E-state index contributed by atoms with van der Waals surface area (Å²) in [5.74, 6) is -0.698. The number of rotatable bonds is 4. The topological polar surface area (TPSA) is 111 Å². The summed E-state index contributed by atoms with van der Waals surface area (Å²) in [7, 11) is 0. The molecule has 0 atom stereocenters. The van der Waals surface area contributed by atoms with E-state index < -0.39 is 5.82 Å². The first-order chi connectivity index (χ1) is 14.1. The third-order valence-electron chi connectivity index (χ3n) is 4.20. The molecular weight excluding hydrogens is 395 g/mol. The highest BCUT2D eigenvalue weighted by molar-refractivity contribution is 6.32. The summed E-state index contributed by atoms with van der Waals surface area (Å²) in [5, 5.41) is 33.5. The summed E-state index contributed by atoms with van der Waals surface area (Å²) in [4.78, 5) is 0. The molecule has 0 amide bonds. The molecule has 4 aromatic rings. The van der Waals surface area contributed by atoms with Crippen LogP contribution in [-0.4, -0.2) is 20.4 Å². The summed E-state index contributed by atoms with van der Waals surface area (Å²) in [6.45, 7) is 0. The maximum atomic E-state index is 15.2. The average molecular weight is 405 g/mol. The zero-order valence-electron chi connectivity index (χ0n) is 14.6. The lowest BCUT2D eigenvalue weighted by atomic mass is 10.1. The van der Waals surface area contributed by atoms with Crippen molar-refractivity contribution in [2.75, 3.05) is 0 Å². The first-order valence-electron chi connectivity index (χ1n) is 8.33. The molecule has 0 bridgehead atoms. The van der Waals surface area contributed by atoms with Gasteiger partial charge in [0.2, 0.25) is 5.65 Å². The van der Waals surface area contributed by atoms with E-state index in [0.717, 1.165) is 5.39 Å². The van der Waals surface area contributed by atoms with Crippen molar-refractivity contribution in [2.24, 2.45) is 0 Å². The Kier molecular flexibility index (Phi) is 4.78. The molecule has 0 aliphatic heterocycles. The molecule has 0 fully saturated rings. The van der Waals surface area contributed by atoms with Gasteiger partial charge in [0, 0.05) is 17.5 Å². The zero-order chi connectivity index (χ0) is 20.4. The lowest BCUT2D eigenvalue weighted by Gasteiger charge is -2.12. The summed E-state index contributed by atoms with van der Waals surface area (Å²) < 4.78 is 20.8. The van der Waals surface area contributed by atoms with Crippen LogP contribution < -0.4 is 4.74 Å². The highest BCUT2D eigenvalue weighted by Gasteiger charge is 2.18. The molecule has 4 rings (SSSR count). The lowest BCUT2D eigenvalue weighted by Crippen LogP contribution is -1.98. The number of fused-ring (bicyclic) bond motifs is 1. The first-order valence-corrected chi connectivity index (χ1v) is 8.71. The third kappa shape index (κ3) is 3.57. The number of benzene rings is 2. The molecule has 0 aliphatic carbocycles. The van der Waals surface area contributed by atoms with Crippen LogP contribution in [0.3, 0.4) is 0 Å². The molecule has 0 radical (unpaired) electrons. The number of aromatic nitrogens is 4. The molecule has 0 saturated carbocycles. The Balaban J connectivity index is 1.71. The van der Waals surface area contributed by atoms with Crippen molar-refractivity contribution in [3.63, 3.8) is 0 Å². The van der Waals surface area contributed by atoms with Crippen LogP contribution in [0.4, 0.5) is 4.39 Å². The number of hydrogen-bond acceptors (Lipinski definition) is 6. The predicted molar refractivity (Wildman–Crippen MR) is 102 cm³/mol. The fraction of sp³-hybridized carbons (Fsp3) is 0.0500. The lowest BCUT2D eigenvalue weighted by molar-refractivity contribution is 0.439. The van der Waals surface area contributed by atoms with Gasteiger partial charge in [-0.1, -0.05) is 17.7 Å². The number of nitriles is 2. The maximum Gasteiger partial charge on any atom is 0.203 e. The number of nitrogens with one attached hydrogen (secondary N) is 1. The molecule has 0 aliphatic rings. The van der Waals surface area contributed by atoms with E-state index in [1.54, 1.807) is 12.1 Å². The van der Waals surface area contributed by atoms with E-state index in [1.165, 1.54) is 30.5 Å². The van der Waals surface area contributed by atoms with Crippen molar-refractivity contribution >= 4 is 22.6 Å². The van der Waals surface area contributed by atoms with Gasteiger partial charge in [0.1, 0.15) is 5.75 Å². The fourth-order valence-corrected chi connectivity index (χ4v) is 3.04. The van der Waals surface area contributed by atoms with Crippen molar-refractivity contribution in [3.05, 3.63) is 75.8 Å². The predicted octanol–water partition coefficient (Wildman–Crippen LogP) is 4.27. The van der Waals surface area contributed by atoms with Gasteiger partial charge in [-0.05, 0) is 35.9 Å². The van der Waals surface area contributed by atoms with Crippen molar-refractivity contribution in [2.45, 2.75) is 6.42 Å². The average Bonchev–Trinajstić information content (AvgIpc) is 3.15. The minimum Gasteiger partial charge on any atom is -0.453 e. The van der Waals surface area contributed by atoms with E-state index >= 15 is 4.39 Å². The molecule has 2 heterocycles. The third-order valence-corrected chi connectivity index (χ3v) is 4.50. The second-order valence-corrected chi connectivity index (χ2v) is 6.48. The van der Waals surface area contributed by atoms with E-state index in [-0.39, 0.29) is 34.1 Å². The Morgan fingerprint density at radius 2 is 1.86 bits per heavy atom. The molecule has 2 aromatic carbocycles. The molecule has 0 spiro atoms. The van der Waals surface area contributed by atoms with Gasteiger partial charge < -0.3 is 4.74 Å². The van der Waals surface area contributed by atoms with Crippen LogP contribution in [0, 0.1) is 28.5 Å². The van der Waals surface area contributed by atoms with Gasteiger partial charge in [-0.25, -0.2) is 4.39 Å². The van der Waals surface area contributed by atoms with Crippen LogP contribution in [0.2, 0.25) is 5.02 Å². The van der Waals surface area contributed by atoms with Crippen LogP contribution in [0.1, 0.15) is 22.4 Å². The van der Waals surface area contributed by atoms with Gasteiger partial charge in [0.05, 0.1) is 34.5 Å². The van der Waals surface area contributed by atoms with E-state index in [4.69, 9.17) is 26.9 Å². The van der Waals surface area contributed by atoms with Gasteiger partial charge in [-0.3, -0.25) is 5.10 Å². The van der Waals surface area contributed by atoms with Gasteiger partial charge in [0.25, 0.3) is 0 Å². The largest absolute Gasteiger partial charge is 0.453 e. The standard InChI is InChI=1S/C20H10ClFN6O/c21-16-2-1-13(8-17-15-3-4-25-27-20(15)28-26-17)18(22)19(16)29-14-6-11(9-23)5-12(7-14)10-24/h1-7H,8H2,(H,26,27,28). The van der Waals surface area contributed by atoms with E-state index in [1.807, 2.05) is 12.1 Å². The molecule has 0 unspecified atom stereocenters. The van der Waals surface area contributed by atoms with Gasteiger partial charge in [-0.15, -0.1) is 5.10 Å². The van der Waals surface area contributed by atoms with Crippen LogP contribution in [0.25, 0.3) is 11.0 Å². The molecule has 1 N–H and O–H groups in total. The second kappa shape index (κ2) is 7.55. The van der Waals surface area contributed by atoms with Crippen molar-refractivity contribution in [1.82, 2.24) is 20.4 Å². The van der Waals surface area contributed by atoms with Gasteiger partial charge in [0.15, 0.2) is 11.6 Å². The fourth-order valence-electron chi connectivity index (χ4n) is 2.86. The monoisotopic (exact) mass is 404 g/mol. The van der Waals surface area contributed by atoms with E-state index in [0.29, 0.717) is 16.9 Å².